The van der Waals surface area contributed by atoms with E-state index in [9.17, 15) is 4.79 Å². The number of nitrogens with zero attached hydrogens (tertiary/aromatic N) is 1. The molecule has 0 fully saturated rings. The van der Waals surface area contributed by atoms with Crippen LogP contribution in [0.5, 0.6) is 5.75 Å². The minimum atomic E-state index is -0.143. The normalized spacial score (nSPS) is 10.6. The Kier molecular flexibility index (Phi) is 3.78. The predicted octanol–water partition coefficient (Wildman–Crippen LogP) is 3.07. The third kappa shape index (κ3) is 2.93. The van der Waals surface area contributed by atoms with Crippen LogP contribution in [0.15, 0.2) is 46.9 Å². The van der Waals surface area contributed by atoms with Gasteiger partial charge in [-0.05, 0) is 35.9 Å². The second-order valence-electron chi connectivity index (χ2n) is 4.95. The highest BCUT2D eigenvalue weighted by atomic mass is 16.5. The highest BCUT2D eigenvalue weighted by molar-refractivity contribution is 5.94. The van der Waals surface area contributed by atoms with Gasteiger partial charge >= 0.3 is 0 Å². The zero-order chi connectivity index (χ0) is 15.5. The van der Waals surface area contributed by atoms with Crippen LogP contribution in [0.4, 0.5) is 0 Å². The van der Waals surface area contributed by atoms with Gasteiger partial charge in [-0.15, -0.1) is 0 Å². The number of amides is 1. The van der Waals surface area contributed by atoms with E-state index in [1.165, 1.54) is 0 Å². The van der Waals surface area contributed by atoms with Gasteiger partial charge in [-0.3, -0.25) is 4.79 Å². The first-order valence-corrected chi connectivity index (χ1v) is 6.94. The lowest BCUT2D eigenvalue weighted by Crippen LogP contribution is -2.22. The SMILES string of the molecule is COc1cccc(C(=O)NCc2ccc3oc(C)nc3c2)c1. The Balaban J connectivity index is 1.71. The summed E-state index contributed by atoms with van der Waals surface area (Å²) in [5.41, 5.74) is 3.08. The summed E-state index contributed by atoms with van der Waals surface area (Å²) in [6, 6.07) is 12.7. The number of aromatic nitrogens is 1. The Labute approximate surface area is 127 Å². The van der Waals surface area contributed by atoms with Crippen molar-refractivity contribution in [2.45, 2.75) is 13.5 Å². The minimum Gasteiger partial charge on any atom is -0.497 e. The highest BCUT2D eigenvalue weighted by Crippen LogP contribution is 2.17. The van der Waals surface area contributed by atoms with Crippen molar-refractivity contribution in [1.29, 1.82) is 0 Å². The molecular weight excluding hydrogens is 280 g/mol. The Morgan fingerprint density at radius 1 is 1.27 bits per heavy atom. The monoisotopic (exact) mass is 296 g/mol. The summed E-state index contributed by atoms with van der Waals surface area (Å²) in [7, 11) is 1.58. The summed E-state index contributed by atoms with van der Waals surface area (Å²) in [6.07, 6.45) is 0. The van der Waals surface area contributed by atoms with Crippen molar-refractivity contribution in [3.8, 4) is 5.75 Å². The molecule has 0 aliphatic rings. The quantitative estimate of drug-likeness (QED) is 0.803. The fraction of sp³-hybridized carbons (Fsp3) is 0.176. The van der Waals surface area contributed by atoms with Crippen molar-refractivity contribution in [1.82, 2.24) is 10.3 Å². The predicted molar refractivity (Wildman–Crippen MR) is 82.9 cm³/mol. The second kappa shape index (κ2) is 5.89. The van der Waals surface area contributed by atoms with E-state index >= 15 is 0 Å². The first-order valence-electron chi connectivity index (χ1n) is 6.94. The van der Waals surface area contributed by atoms with Gasteiger partial charge in [0.25, 0.3) is 5.91 Å². The molecule has 0 aliphatic carbocycles. The summed E-state index contributed by atoms with van der Waals surface area (Å²) < 4.78 is 10.6. The summed E-state index contributed by atoms with van der Waals surface area (Å²) >= 11 is 0. The molecule has 0 bridgehead atoms. The molecular formula is C17H16N2O3. The zero-order valence-electron chi connectivity index (χ0n) is 12.4. The van der Waals surface area contributed by atoms with Crippen LogP contribution in [-0.4, -0.2) is 18.0 Å². The molecule has 22 heavy (non-hydrogen) atoms. The number of oxazole rings is 1. The molecule has 0 unspecified atom stereocenters. The molecule has 0 spiro atoms. The summed E-state index contributed by atoms with van der Waals surface area (Å²) in [4.78, 5) is 16.4. The maximum absolute atomic E-state index is 12.2. The molecule has 0 atom stereocenters. The van der Waals surface area contributed by atoms with Crippen LogP contribution in [0.2, 0.25) is 0 Å². The average molecular weight is 296 g/mol. The molecule has 0 saturated carbocycles. The molecule has 3 aromatic rings. The summed E-state index contributed by atoms with van der Waals surface area (Å²) in [5, 5.41) is 2.89. The number of methoxy groups -OCH3 is 1. The van der Waals surface area contributed by atoms with Crippen molar-refractivity contribution in [2.24, 2.45) is 0 Å². The number of rotatable bonds is 4. The molecule has 5 heteroatoms. The smallest absolute Gasteiger partial charge is 0.251 e. The van der Waals surface area contributed by atoms with Crippen LogP contribution in [0.25, 0.3) is 11.1 Å². The molecule has 1 heterocycles. The van der Waals surface area contributed by atoms with E-state index in [1.54, 1.807) is 31.4 Å². The van der Waals surface area contributed by atoms with E-state index < -0.39 is 0 Å². The Bertz CT molecular complexity index is 824. The standard InChI is InChI=1S/C17H16N2O3/c1-11-19-15-8-12(6-7-16(15)22-11)10-18-17(20)13-4-3-5-14(9-13)21-2/h3-9H,10H2,1-2H3,(H,18,20). The molecule has 0 saturated heterocycles. The number of benzene rings is 2. The van der Waals surface area contributed by atoms with E-state index in [0.29, 0.717) is 23.7 Å². The minimum absolute atomic E-state index is 0.143. The third-order valence-electron chi connectivity index (χ3n) is 3.34. The van der Waals surface area contributed by atoms with Gasteiger partial charge in [-0.2, -0.15) is 0 Å². The Morgan fingerprint density at radius 2 is 2.14 bits per heavy atom. The molecule has 0 radical (unpaired) electrons. The van der Waals surface area contributed by atoms with E-state index in [2.05, 4.69) is 10.3 Å². The van der Waals surface area contributed by atoms with Crippen LogP contribution in [0.1, 0.15) is 21.8 Å². The number of nitrogens with one attached hydrogen (secondary N) is 1. The summed E-state index contributed by atoms with van der Waals surface area (Å²) in [6.45, 7) is 2.24. The van der Waals surface area contributed by atoms with Gasteiger partial charge in [0.1, 0.15) is 11.3 Å². The first-order chi connectivity index (χ1) is 10.7. The fourth-order valence-corrected chi connectivity index (χ4v) is 2.25. The lowest BCUT2D eigenvalue weighted by atomic mass is 10.1. The fourth-order valence-electron chi connectivity index (χ4n) is 2.25. The van der Waals surface area contributed by atoms with Crippen LogP contribution >= 0.6 is 0 Å². The van der Waals surface area contributed by atoms with Crippen molar-refractivity contribution in [3.63, 3.8) is 0 Å². The van der Waals surface area contributed by atoms with Crippen LogP contribution in [0, 0.1) is 6.92 Å². The van der Waals surface area contributed by atoms with Gasteiger partial charge in [0.15, 0.2) is 11.5 Å². The van der Waals surface area contributed by atoms with E-state index in [0.717, 1.165) is 16.7 Å². The lowest BCUT2D eigenvalue weighted by Gasteiger charge is -2.06. The molecule has 3 rings (SSSR count). The number of carbonyl (C=O) groups excluding carboxylic acids is 1. The molecule has 2 aromatic carbocycles. The van der Waals surface area contributed by atoms with Gasteiger partial charge in [0.05, 0.1) is 7.11 Å². The van der Waals surface area contributed by atoms with Crippen molar-refractivity contribution < 1.29 is 13.9 Å². The lowest BCUT2D eigenvalue weighted by molar-refractivity contribution is 0.0950. The summed E-state index contributed by atoms with van der Waals surface area (Å²) in [5.74, 6) is 1.15. The van der Waals surface area contributed by atoms with Gasteiger partial charge in [0.2, 0.25) is 0 Å². The number of ether oxygens (including phenoxy) is 1. The number of hydrogen-bond acceptors (Lipinski definition) is 4. The van der Waals surface area contributed by atoms with E-state index in [1.807, 2.05) is 25.1 Å². The molecule has 5 nitrogen and oxygen atoms in total. The van der Waals surface area contributed by atoms with Gasteiger partial charge in [-0.25, -0.2) is 4.98 Å². The van der Waals surface area contributed by atoms with Crippen LogP contribution in [0.3, 0.4) is 0 Å². The van der Waals surface area contributed by atoms with Gasteiger partial charge < -0.3 is 14.5 Å². The second-order valence-corrected chi connectivity index (χ2v) is 4.95. The Hall–Kier alpha value is -2.82. The molecule has 1 aromatic heterocycles. The maximum Gasteiger partial charge on any atom is 0.251 e. The van der Waals surface area contributed by atoms with Crippen LogP contribution in [-0.2, 0) is 6.54 Å². The molecule has 1 amide bonds. The zero-order valence-corrected chi connectivity index (χ0v) is 12.4. The molecule has 1 N–H and O–H groups in total. The first kappa shape index (κ1) is 14.1. The van der Waals surface area contributed by atoms with E-state index in [-0.39, 0.29) is 5.91 Å². The molecule has 112 valence electrons. The average Bonchev–Trinajstić information content (AvgIpc) is 2.91. The number of fused-ring (bicyclic) bond motifs is 1. The number of hydrogen-bond donors (Lipinski definition) is 1. The number of aryl methyl sites for hydroxylation is 1. The van der Waals surface area contributed by atoms with E-state index in [4.69, 9.17) is 9.15 Å². The maximum atomic E-state index is 12.2. The van der Waals surface area contributed by atoms with Crippen molar-refractivity contribution >= 4 is 17.0 Å². The van der Waals surface area contributed by atoms with Gasteiger partial charge in [-0.1, -0.05) is 12.1 Å². The molecule has 0 aliphatic heterocycles. The number of carbonyl (C=O) groups is 1. The van der Waals surface area contributed by atoms with Crippen molar-refractivity contribution in [2.75, 3.05) is 7.11 Å². The van der Waals surface area contributed by atoms with Gasteiger partial charge in [0, 0.05) is 19.0 Å². The van der Waals surface area contributed by atoms with Crippen molar-refractivity contribution in [3.05, 3.63) is 59.5 Å². The highest BCUT2D eigenvalue weighted by Gasteiger charge is 2.08. The van der Waals surface area contributed by atoms with Crippen LogP contribution < -0.4 is 10.1 Å². The topological polar surface area (TPSA) is 64.4 Å². The Morgan fingerprint density at radius 3 is 2.95 bits per heavy atom. The largest absolute Gasteiger partial charge is 0.497 e. The third-order valence-corrected chi connectivity index (χ3v) is 3.34.